The van der Waals surface area contributed by atoms with E-state index in [1.54, 1.807) is 32.6 Å². The molecule has 1 aromatic carbocycles. The number of carbonyl (C=O) groups excluding carboxylic acids is 3. The molecule has 31 heavy (non-hydrogen) atoms. The summed E-state index contributed by atoms with van der Waals surface area (Å²) in [5, 5.41) is 5.54. The quantitative estimate of drug-likeness (QED) is 0.648. The van der Waals surface area contributed by atoms with Gasteiger partial charge in [-0.3, -0.25) is 9.59 Å². The molecule has 0 aliphatic heterocycles. The lowest BCUT2D eigenvalue weighted by Gasteiger charge is -2.34. The molecule has 0 aromatic heterocycles. The van der Waals surface area contributed by atoms with Crippen LogP contribution >= 0.6 is 0 Å². The summed E-state index contributed by atoms with van der Waals surface area (Å²) < 4.78 is 5.28. The molecule has 7 heteroatoms. The molecule has 0 aliphatic rings. The summed E-state index contributed by atoms with van der Waals surface area (Å²) >= 11 is 0. The predicted octanol–water partition coefficient (Wildman–Crippen LogP) is 4.02. The molecule has 2 atom stereocenters. The van der Waals surface area contributed by atoms with E-state index < -0.39 is 23.8 Å². The third-order valence-corrected chi connectivity index (χ3v) is 4.56. The van der Waals surface area contributed by atoms with Crippen molar-refractivity contribution in [3.05, 3.63) is 34.9 Å². The van der Waals surface area contributed by atoms with Crippen molar-refractivity contribution in [2.45, 2.75) is 92.5 Å². The first-order chi connectivity index (χ1) is 14.3. The summed E-state index contributed by atoms with van der Waals surface area (Å²) in [6, 6.07) is 4.13. The lowest BCUT2D eigenvalue weighted by molar-refractivity contribution is -0.142. The zero-order valence-electron chi connectivity index (χ0n) is 20.5. The molecule has 2 unspecified atom stereocenters. The summed E-state index contributed by atoms with van der Waals surface area (Å²) in [4.78, 5) is 40.4. The van der Waals surface area contributed by atoms with E-state index in [-0.39, 0.29) is 17.9 Å². The number of nitrogens with zero attached hydrogens (tertiary/aromatic N) is 1. The van der Waals surface area contributed by atoms with E-state index in [2.05, 4.69) is 10.6 Å². The van der Waals surface area contributed by atoms with Gasteiger partial charge in [0.25, 0.3) is 0 Å². The Morgan fingerprint density at radius 1 is 1.06 bits per heavy atom. The topological polar surface area (TPSA) is 87.7 Å². The Bertz CT molecular complexity index is 784. The van der Waals surface area contributed by atoms with Crippen LogP contribution in [0.15, 0.2) is 18.2 Å². The number of hydrogen-bond acceptors (Lipinski definition) is 4. The maximum Gasteiger partial charge on any atom is 0.408 e. The molecule has 174 valence electrons. The number of carbonyl (C=O) groups is 3. The molecule has 0 radical (unpaired) electrons. The fourth-order valence-electron chi connectivity index (χ4n) is 3.35. The lowest BCUT2D eigenvalue weighted by Crippen LogP contribution is -2.52. The number of alkyl carbamates (subject to hydrolysis) is 1. The monoisotopic (exact) mass is 433 g/mol. The first kappa shape index (κ1) is 26.5. The van der Waals surface area contributed by atoms with Gasteiger partial charge in [0, 0.05) is 12.6 Å². The molecular formula is C24H39N3O4. The van der Waals surface area contributed by atoms with Crippen molar-refractivity contribution in [3.63, 3.8) is 0 Å². The van der Waals surface area contributed by atoms with E-state index in [1.807, 2.05) is 52.8 Å². The number of aryl methyl sites for hydroxylation is 2. The molecule has 0 heterocycles. The molecule has 3 amide bonds. The Morgan fingerprint density at radius 3 is 2.16 bits per heavy atom. The van der Waals surface area contributed by atoms with Crippen LogP contribution in [0.1, 0.15) is 77.6 Å². The number of rotatable bonds is 8. The number of benzene rings is 1. The minimum Gasteiger partial charge on any atom is -0.444 e. The molecule has 1 rings (SSSR count). The maximum absolute atomic E-state index is 13.4. The smallest absolute Gasteiger partial charge is 0.408 e. The van der Waals surface area contributed by atoms with Crippen molar-refractivity contribution in [1.82, 2.24) is 15.5 Å². The van der Waals surface area contributed by atoms with Crippen LogP contribution in [0.25, 0.3) is 0 Å². The number of hydrogen-bond donors (Lipinski definition) is 2. The van der Waals surface area contributed by atoms with Gasteiger partial charge in [-0.15, -0.1) is 0 Å². The van der Waals surface area contributed by atoms with E-state index in [0.717, 1.165) is 16.7 Å². The minimum atomic E-state index is -0.846. The summed E-state index contributed by atoms with van der Waals surface area (Å²) in [7, 11) is 0. The highest BCUT2D eigenvalue weighted by molar-refractivity contribution is 5.92. The van der Waals surface area contributed by atoms with Crippen LogP contribution < -0.4 is 10.6 Å². The van der Waals surface area contributed by atoms with Crippen LogP contribution in [0.2, 0.25) is 0 Å². The summed E-state index contributed by atoms with van der Waals surface area (Å²) in [6.45, 7) is 16.9. The summed E-state index contributed by atoms with van der Waals surface area (Å²) in [6.07, 6.45) is 0.000789. The van der Waals surface area contributed by atoms with Crippen molar-refractivity contribution in [1.29, 1.82) is 0 Å². The van der Waals surface area contributed by atoms with E-state index >= 15 is 0 Å². The van der Waals surface area contributed by atoms with Crippen LogP contribution in [-0.2, 0) is 14.3 Å². The Balaban J connectivity index is 3.30. The van der Waals surface area contributed by atoms with Gasteiger partial charge in [0.15, 0.2) is 0 Å². The minimum absolute atomic E-state index is 0.0726. The van der Waals surface area contributed by atoms with E-state index in [1.165, 1.54) is 0 Å². The van der Waals surface area contributed by atoms with E-state index in [9.17, 15) is 14.4 Å². The Kier molecular flexibility index (Phi) is 9.53. The first-order valence-corrected chi connectivity index (χ1v) is 10.9. The Morgan fingerprint density at radius 2 is 1.68 bits per heavy atom. The zero-order valence-corrected chi connectivity index (χ0v) is 20.5. The van der Waals surface area contributed by atoms with Crippen molar-refractivity contribution in [3.8, 4) is 0 Å². The van der Waals surface area contributed by atoms with Gasteiger partial charge in [-0.25, -0.2) is 4.79 Å². The SMILES string of the molecule is CCCN(C(=O)C(C)NC(=O)OC(C)(C)C)C(C(=O)NC(C)C)c1ccc(C)cc1C. The van der Waals surface area contributed by atoms with E-state index in [0.29, 0.717) is 13.0 Å². The zero-order chi connectivity index (χ0) is 23.9. The van der Waals surface area contributed by atoms with Gasteiger partial charge in [-0.2, -0.15) is 0 Å². The molecule has 7 nitrogen and oxygen atoms in total. The highest BCUT2D eigenvalue weighted by Crippen LogP contribution is 2.27. The molecule has 0 aliphatic carbocycles. The van der Waals surface area contributed by atoms with Gasteiger partial charge in [0.05, 0.1) is 0 Å². The van der Waals surface area contributed by atoms with Crippen LogP contribution in [0.4, 0.5) is 4.79 Å². The van der Waals surface area contributed by atoms with Crippen molar-refractivity contribution >= 4 is 17.9 Å². The number of ether oxygens (including phenoxy) is 1. The molecule has 0 fully saturated rings. The molecule has 0 spiro atoms. The van der Waals surface area contributed by atoms with Crippen LogP contribution in [0, 0.1) is 13.8 Å². The number of amides is 3. The Hall–Kier alpha value is -2.57. The molecule has 1 aromatic rings. The summed E-state index contributed by atoms with van der Waals surface area (Å²) in [5.41, 5.74) is 2.12. The van der Waals surface area contributed by atoms with Gasteiger partial charge >= 0.3 is 6.09 Å². The molecular weight excluding hydrogens is 394 g/mol. The Labute approximate surface area is 186 Å². The largest absolute Gasteiger partial charge is 0.444 e. The summed E-state index contributed by atoms with van der Waals surface area (Å²) in [5.74, 6) is -0.579. The lowest BCUT2D eigenvalue weighted by atomic mass is 9.96. The molecule has 2 N–H and O–H groups in total. The highest BCUT2D eigenvalue weighted by atomic mass is 16.6. The average molecular weight is 434 g/mol. The molecule has 0 saturated carbocycles. The second kappa shape index (κ2) is 11.2. The third kappa shape index (κ3) is 8.23. The second-order valence-corrected chi connectivity index (χ2v) is 9.33. The van der Waals surface area contributed by atoms with Gasteiger partial charge in [0.1, 0.15) is 17.7 Å². The van der Waals surface area contributed by atoms with Crippen molar-refractivity contribution in [2.75, 3.05) is 6.54 Å². The first-order valence-electron chi connectivity index (χ1n) is 10.9. The molecule has 0 bridgehead atoms. The van der Waals surface area contributed by atoms with Gasteiger partial charge in [-0.05, 0) is 72.9 Å². The second-order valence-electron chi connectivity index (χ2n) is 9.33. The normalized spacial score (nSPS) is 13.4. The highest BCUT2D eigenvalue weighted by Gasteiger charge is 2.35. The third-order valence-electron chi connectivity index (χ3n) is 4.56. The predicted molar refractivity (Wildman–Crippen MR) is 123 cm³/mol. The number of nitrogens with one attached hydrogen (secondary N) is 2. The van der Waals surface area contributed by atoms with Gasteiger partial charge in [0.2, 0.25) is 11.8 Å². The standard InChI is InChI=1S/C24H39N3O4/c1-10-13-27(22(29)18(6)26-23(30)31-24(7,8)9)20(21(28)25-15(2)3)19-12-11-16(4)14-17(19)5/h11-12,14-15,18,20H,10,13H2,1-9H3,(H,25,28)(H,26,30). The maximum atomic E-state index is 13.4. The van der Waals surface area contributed by atoms with E-state index in [4.69, 9.17) is 4.74 Å². The molecule has 0 saturated heterocycles. The average Bonchev–Trinajstić information content (AvgIpc) is 2.59. The van der Waals surface area contributed by atoms with Gasteiger partial charge in [-0.1, -0.05) is 30.7 Å². The fraction of sp³-hybridized carbons (Fsp3) is 0.625. The fourth-order valence-corrected chi connectivity index (χ4v) is 3.35. The van der Waals surface area contributed by atoms with Gasteiger partial charge < -0.3 is 20.3 Å². The van der Waals surface area contributed by atoms with Crippen molar-refractivity contribution < 1.29 is 19.1 Å². The van der Waals surface area contributed by atoms with Crippen molar-refractivity contribution in [2.24, 2.45) is 0 Å². The van der Waals surface area contributed by atoms with Crippen LogP contribution in [0.3, 0.4) is 0 Å². The van der Waals surface area contributed by atoms with Crippen LogP contribution in [-0.4, -0.2) is 47.0 Å². The van der Waals surface area contributed by atoms with Crippen LogP contribution in [0.5, 0.6) is 0 Å².